The summed E-state index contributed by atoms with van der Waals surface area (Å²) in [4.78, 5) is 17.8. The summed E-state index contributed by atoms with van der Waals surface area (Å²) in [6.45, 7) is 1.99. The predicted molar refractivity (Wildman–Crippen MR) is 134 cm³/mol. The fourth-order valence-corrected chi connectivity index (χ4v) is 7.92. The second-order valence-corrected chi connectivity index (χ2v) is 11.4. The molecule has 190 valence electrons. The minimum absolute atomic E-state index is 0.0109. The van der Waals surface area contributed by atoms with E-state index < -0.39 is 0 Å². The summed E-state index contributed by atoms with van der Waals surface area (Å²) in [5.74, 6) is 2.58. The Labute approximate surface area is 211 Å². The highest BCUT2D eigenvalue weighted by atomic mass is 16.5. The highest BCUT2D eigenvalue weighted by molar-refractivity contribution is 5.91. The van der Waals surface area contributed by atoms with Crippen molar-refractivity contribution in [3.05, 3.63) is 53.5 Å². The number of likely N-dealkylation sites (tertiary alicyclic amines) is 1. The SMILES string of the molecule is COc1ccc2c3c1O[C@H]1[C@@H](N(C)C(=O)C=Cc4ccoc4)CC[C@H]4[C@@H](C2)N(CC2CC2O)CC[C@@]341. The number of rotatable bonds is 6. The number of methoxy groups -OCH3 is 1. The molecule has 1 aromatic heterocycles. The number of likely N-dealkylation sites (N-methyl/N-ethyl adjacent to an activating group) is 1. The molecule has 1 amide bonds. The lowest BCUT2D eigenvalue weighted by atomic mass is 9.51. The standard InChI is InChI=1S/C29H34N2O5/c1-30(25(33)8-3-17-9-12-35-16-17)21-6-5-20-22-13-18-4-7-24(34-2)27-26(18)29(20,28(21)36-27)10-11-31(22)15-19-14-23(19)32/h3-4,7-9,12,16,19-23,28,32H,5-6,10-11,13-15H2,1-2H3/t19?,20-,21-,22+,23?,28-,29-/m0/s1. The van der Waals surface area contributed by atoms with Crippen LogP contribution in [0.5, 0.6) is 11.5 Å². The van der Waals surface area contributed by atoms with Crippen LogP contribution in [0.15, 0.2) is 41.2 Å². The zero-order valence-corrected chi connectivity index (χ0v) is 20.9. The van der Waals surface area contributed by atoms with Crippen molar-refractivity contribution in [2.24, 2.45) is 11.8 Å². The van der Waals surface area contributed by atoms with E-state index in [9.17, 15) is 9.90 Å². The molecule has 7 rings (SSSR count). The summed E-state index contributed by atoms with van der Waals surface area (Å²) in [5, 5.41) is 10.0. The zero-order valence-electron chi connectivity index (χ0n) is 20.9. The number of piperidine rings is 1. The molecule has 3 heterocycles. The number of furan rings is 1. The van der Waals surface area contributed by atoms with Crippen molar-refractivity contribution in [1.29, 1.82) is 0 Å². The van der Waals surface area contributed by atoms with Gasteiger partial charge in [-0.05, 0) is 68.3 Å². The summed E-state index contributed by atoms with van der Waals surface area (Å²) < 4.78 is 17.8. The fourth-order valence-electron chi connectivity index (χ4n) is 7.92. The highest BCUT2D eigenvalue weighted by Crippen LogP contribution is 2.64. The summed E-state index contributed by atoms with van der Waals surface area (Å²) in [7, 11) is 3.62. The lowest BCUT2D eigenvalue weighted by Gasteiger charge is -2.60. The first-order valence-corrected chi connectivity index (χ1v) is 13.3. The molecule has 1 spiro atoms. The lowest BCUT2D eigenvalue weighted by Crippen LogP contribution is -2.69. The maximum absolute atomic E-state index is 13.3. The number of carbonyl (C=O) groups excluding carboxylic acids is 1. The molecule has 7 atom stereocenters. The van der Waals surface area contributed by atoms with Crippen LogP contribution in [0.4, 0.5) is 0 Å². The van der Waals surface area contributed by atoms with Crippen molar-refractivity contribution in [3.8, 4) is 11.5 Å². The first kappa shape index (κ1) is 22.4. The molecule has 7 heteroatoms. The van der Waals surface area contributed by atoms with E-state index in [0.29, 0.717) is 17.9 Å². The van der Waals surface area contributed by atoms with Gasteiger partial charge in [-0.3, -0.25) is 9.69 Å². The van der Waals surface area contributed by atoms with Crippen LogP contribution in [0.1, 0.15) is 42.4 Å². The van der Waals surface area contributed by atoms with Gasteiger partial charge in [0.2, 0.25) is 5.91 Å². The average Bonchev–Trinajstić information content (AvgIpc) is 3.24. The molecule has 2 aromatic rings. The van der Waals surface area contributed by atoms with Crippen LogP contribution in [-0.4, -0.2) is 72.4 Å². The lowest BCUT2D eigenvalue weighted by molar-refractivity contribution is -0.135. The van der Waals surface area contributed by atoms with E-state index in [1.165, 1.54) is 11.1 Å². The van der Waals surface area contributed by atoms with Crippen molar-refractivity contribution < 1.29 is 23.8 Å². The Balaban J connectivity index is 1.24. The Morgan fingerprint density at radius 3 is 2.94 bits per heavy atom. The molecule has 2 saturated carbocycles. The fraction of sp³-hybridized carbons (Fsp3) is 0.552. The summed E-state index contributed by atoms with van der Waals surface area (Å²) in [6, 6.07) is 6.56. The Morgan fingerprint density at radius 2 is 2.19 bits per heavy atom. The first-order chi connectivity index (χ1) is 17.5. The second-order valence-electron chi connectivity index (χ2n) is 11.4. The predicted octanol–water partition coefficient (Wildman–Crippen LogP) is 3.25. The molecule has 1 N–H and O–H groups in total. The van der Waals surface area contributed by atoms with Crippen LogP contribution in [-0.2, 0) is 16.6 Å². The topological polar surface area (TPSA) is 75.4 Å². The van der Waals surface area contributed by atoms with Gasteiger partial charge < -0.3 is 23.9 Å². The van der Waals surface area contributed by atoms with Gasteiger partial charge in [0.1, 0.15) is 6.10 Å². The quantitative estimate of drug-likeness (QED) is 0.627. The number of nitrogens with zero attached hydrogens (tertiary/aromatic N) is 2. The maximum atomic E-state index is 13.3. The van der Waals surface area contributed by atoms with Gasteiger partial charge in [0.15, 0.2) is 11.5 Å². The highest BCUT2D eigenvalue weighted by Gasteiger charge is 2.66. The molecular weight excluding hydrogens is 456 g/mol. The maximum Gasteiger partial charge on any atom is 0.246 e. The third kappa shape index (κ3) is 3.15. The van der Waals surface area contributed by atoms with Gasteiger partial charge in [-0.25, -0.2) is 0 Å². The Morgan fingerprint density at radius 1 is 1.33 bits per heavy atom. The number of carbonyl (C=O) groups is 1. The first-order valence-electron chi connectivity index (χ1n) is 13.3. The molecule has 2 aliphatic heterocycles. The van der Waals surface area contributed by atoms with Crippen LogP contribution >= 0.6 is 0 Å². The van der Waals surface area contributed by atoms with Crippen molar-refractivity contribution in [1.82, 2.24) is 9.80 Å². The molecule has 1 aromatic carbocycles. The molecule has 1 saturated heterocycles. The van der Waals surface area contributed by atoms with Crippen LogP contribution < -0.4 is 9.47 Å². The van der Waals surface area contributed by atoms with Gasteiger partial charge in [-0.1, -0.05) is 6.07 Å². The van der Waals surface area contributed by atoms with E-state index in [2.05, 4.69) is 11.0 Å². The molecule has 36 heavy (non-hydrogen) atoms. The Hall–Kier alpha value is -2.77. The number of hydrogen-bond donors (Lipinski definition) is 1. The van der Waals surface area contributed by atoms with E-state index >= 15 is 0 Å². The smallest absolute Gasteiger partial charge is 0.246 e. The van der Waals surface area contributed by atoms with E-state index in [1.54, 1.807) is 31.8 Å². The van der Waals surface area contributed by atoms with Crippen LogP contribution in [0.2, 0.25) is 0 Å². The molecule has 0 radical (unpaired) electrons. The summed E-state index contributed by atoms with van der Waals surface area (Å²) >= 11 is 0. The third-order valence-corrected chi connectivity index (χ3v) is 9.77. The van der Waals surface area contributed by atoms with E-state index in [-0.39, 0.29) is 29.6 Å². The summed E-state index contributed by atoms with van der Waals surface area (Å²) in [6.07, 6.45) is 11.4. The minimum atomic E-state index is -0.124. The number of amides is 1. The van der Waals surface area contributed by atoms with Gasteiger partial charge >= 0.3 is 0 Å². The van der Waals surface area contributed by atoms with Gasteiger partial charge in [-0.2, -0.15) is 0 Å². The Kier molecular flexibility index (Phi) is 5.06. The molecular formula is C29H34N2O5. The number of benzene rings is 1. The molecule has 7 nitrogen and oxygen atoms in total. The monoisotopic (exact) mass is 490 g/mol. The number of aliphatic hydroxyl groups is 1. The van der Waals surface area contributed by atoms with E-state index in [1.807, 2.05) is 24.1 Å². The largest absolute Gasteiger partial charge is 0.493 e. The van der Waals surface area contributed by atoms with Crippen molar-refractivity contribution >= 4 is 12.0 Å². The average molecular weight is 491 g/mol. The molecule has 2 unspecified atom stereocenters. The van der Waals surface area contributed by atoms with Crippen LogP contribution in [0.3, 0.4) is 0 Å². The second kappa shape index (κ2) is 8.12. The third-order valence-electron chi connectivity index (χ3n) is 9.77. The minimum Gasteiger partial charge on any atom is -0.493 e. The molecule has 3 fully saturated rings. The van der Waals surface area contributed by atoms with Crippen molar-refractivity contribution in [3.63, 3.8) is 0 Å². The number of hydrogen-bond acceptors (Lipinski definition) is 6. The van der Waals surface area contributed by atoms with E-state index in [4.69, 9.17) is 13.9 Å². The summed E-state index contributed by atoms with van der Waals surface area (Å²) in [5.41, 5.74) is 3.48. The zero-order chi connectivity index (χ0) is 24.6. The number of ether oxygens (including phenoxy) is 2. The van der Waals surface area contributed by atoms with Crippen molar-refractivity contribution in [2.45, 2.75) is 61.8 Å². The van der Waals surface area contributed by atoms with Gasteiger partial charge in [-0.15, -0.1) is 0 Å². The van der Waals surface area contributed by atoms with Crippen LogP contribution in [0.25, 0.3) is 6.08 Å². The molecule has 5 aliphatic rings. The normalized spacial score (nSPS) is 35.9. The van der Waals surface area contributed by atoms with E-state index in [0.717, 1.165) is 62.3 Å². The number of aliphatic hydroxyl groups excluding tert-OH is 1. The molecule has 3 aliphatic carbocycles. The van der Waals surface area contributed by atoms with Gasteiger partial charge in [0, 0.05) is 48.2 Å². The van der Waals surface area contributed by atoms with Crippen LogP contribution in [0, 0.1) is 11.8 Å². The van der Waals surface area contributed by atoms with Crippen molar-refractivity contribution in [2.75, 3.05) is 27.2 Å². The molecule has 2 bridgehead atoms. The Bertz CT molecular complexity index is 1210. The van der Waals surface area contributed by atoms with Gasteiger partial charge in [0.05, 0.1) is 31.8 Å². The van der Waals surface area contributed by atoms with Gasteiger partial charge in [0.25, 0.3) is 0 Å².